The number of benzene rings is 2. The highest BCUT2D eigenvalue weighted by Crippen LogP contribution is 2.77. The lowest BCUT2D eigenvalue weighted by Crippen LogP contribution is -2.74. The van der Waals surface area contributed by atoms with Gasteiger partial charge in [0.25, 0.3) is 0 Å². The lowest BCUT2D eigenvalue weighted by Gasteiger charge is -2.61. The lowest BCUT2D eigenvalue weighted by molar-refractivity contribution is -0.131. The number of carbonyl (C=O) groups excluding carboxylic acids is 2. The molecule has 1 fully saturated rings. The second-order valence-electron chi connectivity index (χ2n) is 6.46. The van der Waals surface area contributed by atoms with Crippen LogP contribution in [0.1, 0.15) is 23.0 Å². The van der Waals surface area contributed by atoms with Crippen LogP contribution in [0.3, 0.4) is 0 Å². The maximum atomic E-state index is 13.1. The van der Waals surface area contributed by atoms with E-state index in [1.165, 1.54) is 5.39 Å². The van der Waals surface area contributed by atoms with Gasteiger partial charge in [0.2, 0.25) is 0 Å². The lowest BCUT2D eigenvalue weighted by atomic mass is 9.51. The predicted octanol–water partition coefficient (Wildman–Crippen LogP) is 5.45. The molecule has 0 aliphatic heterocycles. The number of halogens is 4. The van der Waals surface area contributed by atoms with Crippen LogP contribution in [0.15, 0.2) is 45.4 Å². The molecule has 24 heavy (non-hydrogen) atoms. The zero-order valence-electron chi connectivity index (χ0n) is 11.9. The molecule has 2 aromatic rings. The van der Waals surface area contributed by atoms with E-state index in [1.807, 2.05) is 12.1 Å². The quantitative estimate of drug-likeness (QED) is 0.392. The maximum absolute atomic E-state index is 13.1. The first-order valence-electron chi connectivity index (χ1n) is 7.39. The summed E-state index contributed by atoms with van der Waals surface area (Å²) in [5.41, 5.74) is 2.28. The van der Waals surface area contributed by atoms with Crippen molar-refractivity contribution in [3.8, 4) is 0 Å². The van der Waals surface area contributed by atoms with Crippen molar-refractivity contribution in [3.63, 3.8) is 0 Å². The van der Waals surface area contributed by atoms with Gasteiger partial charge in [0.1, 0.15) is 8.65 Å². The average Bonchev–Trinajstić information content (AvgIpc) is 2.92. The highest BCUT2D eigenvalue weighted by Gasteiger charge is 2.80. The Hall–Kier alpha value is -0.300. The third-order valence-electron chi connectivity index (χ3n) is 5.61. The molecule has 0 bridgehead atoms. The number of fused-ring (bicyclic) bond motifs is 6. The van der Waals surface area contributed by atoms with Crippen molar-refractivity contribution >= 4 is 86.1 Å². The molecule has 0 saturated heterocycles. The second kappa shape index (κ2) is 4.70. The van der Waals surface area contributed by atoms with Gasteiger partial charge in [-0.25, -0.2) is 0 Å². The summed E-state index contributed by atoms with van der Waals surface area (Å²) in [5, 5.41) is 2.32. The zero-order chi connectivity index (χ0) is 17.0. The molecule has 3 aliphatic rings. The molecule has 0 unspecified atom stereocenters. The minimum atomic E-state index is -0.981. The zero-order valence-corrected chi connectivity index (χ0v) is 18.3. The first-order valence-corrected chi connectivity index (χ1v) is 10.6. The van der Waals surface area contributed by atoms with E-state index < -0.39 is 8.65 Å². The van der Waals surface area contributed by atoms with Gasteiger partial charge in [-0.1, -0.05) is 68.3 Å². The number of hydrogen-bond acceptors (Lipinski definition) is 2. The molecule has 5 rings (SSSR count). The van der Waals surface area contributed by atoms with Crippen molar-refractivity contribution < 1.29 is 9.59 Å². The molecule has 4 atom stereocenters. The minimum Gasteiger partial charge on any atom is -0.292 e. The van der Waals surface area contributed by atoms with E-state index in [0.29, 0.717) is 8.96 Å². The molecule has 2 nitrogen and oxygen atoms in total. The van der Waals surface area contributed by atoms with E-state index in [1.54, 1.807) is 0 Å². The van der Waals surface area contributed by atoms with E-state index in [2.05, 4.69) is 88.0 Å². The largest absolute Gasteiger partial charge is 0.292 e. The van der Waals surface area contributed by atoms with Crippen LogP contribution in [-0.4, -0.2) is 20.2 Å². The Kier molecular flexibility index (Phi) is 3.12. The molecular formula is C18H8Br4O2. The van der Waals surface area contributed by atoms with E-state index in [9.17, 15) is 9.59 Å². The number of ketones is 2. The van der Waals surface area contributed by atoms with Gasteiger partial charge in [-0.15, -0.1) is 0 Å². The molecular weight excluding hydrogens is 568 g/mol. The molecule has 2 aromatic carbocycles. The number of Topliss-reactive ketones (excluding diaryl/α,β-unsaturated/α-hetero) is 2. The van der Waals surface area contributed by atoms with Crippen molar-refractivity contribution in [2.24, 2.45) is 0 Å². The van der Waals surface area contributed by atoms with Crippen LogP contribution in [0.25, 0.3) is 10.8 Å². The van der Waals surface area contributed by atoms with Gasteiger partial charge in [0.15, 0.2) is 11.6 Å². The maximum Gasteiger partial charge on any atom is 0.190 e. The molecule has 0 radical (unpaired) electrons. The Bertz CT molecular complexity index is 950. The first kappa shape index (κ1) is 15.9. The summed E-state index contributed by atoms with van der Waals surface area (Å²) in [6.45, 7) is 0. The standard InChI is InChI=1S/C18H8Br4O2/c19-13-14(20)16(24)18(22)12-9-6-2-4-7-3-1-5-8(10(7)9)11(12)17(18,21)15(13)23/h1-6,11-12H/t11-,12+,17-,18+. The number of allylic oxidation sites excluding steroid dienone is 2. The van der Waals surface area contributed by atoms with Gasteiger partial charge >= 0.3 is 0 Å². The number of carbonyl (C=O) groups is 2. The molecule has 0 heterocycles. The summed E-state index contributed by atoms with van der Waals surface area (Å²) in [6.07, 6.45) is 0. The van der Waals surface area contributed by atoms with E-state index >= 15 is 0 Å². The normalized spacial score (nSPS) is 36.7. The van der Waals surface area contributed by atoms with Crippen molar-refractivity contribution in [2.45, 2.75) is 20.5 Å². The van der Waals surface area contributed by atoms with Gasteiger partial charge in [0, 0.05) is 11.8 Å². The Morgan fingerprint density at radius 1 is 0.750 bits per heavy atom. The fraction of sp³-hybridized carbons (Fsp3) is 0.222. The average molecular weight is 576 g/mol. The molecule has 1 saturated carbocycles. The van der Waals surface area contributed by atoms with Gasteiger partial charge in [0.05, 0.1) is 8.96 Å². The van der Waals surface area contributed by atoms with Crippen LogP contribution in [0.2, 0.25) is 0 Å². The van der Waals surface area contributed by atoms with Gasteiger partial charge < -0.3 is 0 Å². The molecule has 6 heteroatoms. The predicted molar refractivity (Wildman–Crippen MR) is 108 cm³/mol. The monoisotopic (exact) mass is 572 g/mol. The summed E-state index contributed by atoms with van der Waals surface area (Å²) >= 11 is 14.0. The fourth-order valence-electron chi connectivity index (χ4n) is 4.65. The molecule has 3 aliphatic carbocycles. The third-order valence-corrected chi connectivity index (χ3v) is 11.1. The summed E-state index contributed by atoms with van der Waals surface area (Å²) in [5.74, 6) is -0.334. The Balaban J connectivity index is 1.88. The van der Waals surface area contributed by atoms with Crippen LogP contribution in [0.5, 0.6) is 0 Å². The van der Waals surface area contributed by atoms with Crippen LogP contribution < -0.4 is 0 Å². The van der Waals surface area contributed by atoms with Crippen molar-refractivity contribution in [1.29, 1.82) is 0 Å². The molecule has 0 amide bonds. The van der Waals surface area contributed by atoms with E-state index in [4.69, 9.17) is 0 Å². The van der Waals surface area contributed by atoms with Crippen LogP contribution >= 0.6 is 63.7 Å². The van der Waals surface area contributed by atoms with Crippen LogP contribution in [-0.2, 0) is 9.59 Å². The number of rotatable bonds is 0. The summed E-state index contributed by atoms with van der Waals surface area (Å²) in [7, 11) is 0. The van der Waals surface area contributed by atoms with Crippen molar-refractivity contribution in [3.05, 3.63) is 56.5 Å². The van der Waals surface area contributed by atoms with Crippen LogP contribution in [0.4, 0.5) is 0 Å². The summed E-state index contributed by atoms with van der Waals surface area (Å²) in [6, 6.07) is 12.3. The van der Waals surface area contributed by atoms with Crippen molar-refractivity contribution in [2.75, 3.05) is 0 Å². The van der Waals surface area contributed by atoms with E-state index in [-0.39, 0.29) is 23.4 Å². The Morgan fingerprint density at radius 2 is 1.17 bits per heavy atom. The van der Waals surface area contributed by atoms with Gasteiger partial charge in [-0.2, -0.15) is 0 Å². The summed E-state index contributed by atoms with van der Waals surface area (Å²) in [4.78, 5) is 26.2. The highest BCUT2D eigenvalue weighted by molar-refractivity contribution is 9.15. The smallest absolute Gasteiger partial charge is 0.190 e. The molecule has 0 N–H and O–H groups in total. The van der Waals surface area contributed by atoms with Gasteiger partial charge in [-0.3, -0.25) is 9.59 Å². The summed E-state index contributed by atoms with van der Waals surface area (Å²) < 4.78 is -1.35. The SMILES string of the molecule is O=C1C(Br)=C(Br)C(=O)[C@]2(Br)[C@@H]3c4cccc5cccc(c45)[C@@H]3[C@]12Br. The molecule has 120 valence electrons. The van der Waals surface area contributed by atoms with E-state index in [0.717, 1.165) is 16.5 Å². The number of hydrogen-bond donors (Lipinski definition) is 0. The Labute approximate surface area is 171 Å². The topological polar surface area (TPSA) is 34.1 Å². The minimum absolute atomic E-state index is 0.0671. The second-order valence-corrected chi connectivity index (χ2v) is 10.5. The van der Waals surface area contributed by atoms with Gasteiger partial charge in [-0.05, 0) is 53.8 Å². The highest BCUT2D eigenvalue weighted by atomic mass is 79.9. The number of alkyl halides is 2. The Morgan fingerprint density at radius 3 is 1.58 bits per heavy atom. The van der Waals surface area contributed by atoms with Crippen molar-refractivity contribution in [1.82, 2.24) is 0 Å². The van der Waals surface area contributed by atoms with Crippen LogP contribution in [0, 0.1) is 0 Å². The first-order chi connectivity index (χ1) is 11.3. The molecule has 0 spiro atoms. The molecule has 0 aromatic heterocycles. The fourth-order valence-corrected chi connectivity index (χ4v) is 8.44. The third kappa shape index (κ3) is 1.43.